The molecule has 0 atom stereocenters. The Bertz CT molecular complexity index is 444. The van der Waals surface area contributed by atoms with E-state index >= 15 is 0 Å². The van der Waals surface area contributed by atoms with Gasteiger partial charge in [-0.3, -0.25) is 4.79 Å². The minimum Gasteiger partial charge on any atom is -0.325 e. The summed E-state index contributed by atoms with van der Waals surface area (Å²) in [7, 11) is 0. The third-order valence-electron chi connectivity index (χ3n) is 2.76. The molecule has 0 bridgehead atoms. The van der Waals surface area contributed by atoms with Crippen LogP contribution in [0.4, 0.5) is 14.5 Å². The number of thioether (sulfide) groups is 1. The molecular formula is C13H17ClF2N2OS. The number of carbonyl (C=O) groups excluding carboxylic acids is 1. The second kappa shape index (κ2) is 8.44. The second-order valence-electron chi connectivity index (χ2n) is 4.53. The molecule has 20 heavy (non-hydrogen) atoms. The van der Waals surface area contributed by atoms with Gasteiger partial charge in [-0.1, -0.05) is 17.8 Å². The van der Waals surface area contributed by atoms with E-state index in [1.165, 1.54) is 12.8 Å². The number of carbonyl (C=O) groups is 1. The molecule has 0 radical (unpaired) electrons. The van der Waals surface area contributed by atoms with Crippen molar-refractivity contribution in [2.24, 2.45) is 5.92 Å². The van der Waals surface area contributed by atoms with Crippen LogP contribution in [0.25, 0.3) is 0 Å². The molecule has 1 aliphatic rings. The van der Waals surface area contributed by atoms with Crippen LogP contribution in [0, 0.1) is 5.92 Å². The Morgan fingerprint density at radius 2 is 2.15 bits per heavy atom. The van der Waals surface area contributed by atoms with Crippen molar-refractivity contribution in [2.75, 3.05) is 18.4 Å². The van der Waals surface area contributed by atoms with Gasteiger partial charge in [0.05, 0.1) is 6.54 Å². The molecule has 7 heteroatoms. The van der Waals surface area contributed by atoms with Crippen molar-refractivity contribution in [3.05, 3.63) is 24.3 Å². The topological polar surface area (TPSA) is 41.1 Å². The highest BCUT2D eigenvalue weighted by atomic mass is 35.5. The lowest BCUT2D eigenvalue weighted by molar-refractivity contribution is -0.115. The molecule has 0 unspecified atom stereocenters. The van der Waals surface area contributed by atoms with Crippen molar-refractivity contribution in [1.82, 2.24) is 5.32 Å². The Labute approximate surface area is 127 Å². The van der Waals surface area contributed by atoms with E-state index in [1.807, 2.05) is 0 Å². The number of rotatable bonds is 7. The van der Waals surface area contributed by atoms with Gasteiger partial charge in [0.15, 0.2) is 0 Å². The Morgan fingerprint density at radius 1 is 1.40 bits per heavy atom. The van der Waals surface area contributed by atoms with Gasteiger partial charge in [0.1, 0.15) is 0 Å². The van der Waals surface area contributed by atoms with Crippen LogP contribution in [0.2, 0.25) is 0 Å². The van der Waals surface area contributed by atoms with Gasteiger partial charge in [0, 0.05) is 10.6 Å². The summed E-state index contributed by atoms with van der Waals surface area (Å²) in [6, 6.07) is 6.49. The highest BCUT2D eigenvalue weighted by molar-refractivity contribution is 7.99. The van der Waals surface area contributed by atoms with E-state index in [2.05, 4.69) is 10.6 Å². The summed E-state index contributed by atoms with van der Waals surface area (Å²) in [5, 5.41) is 5.77. The van der Waals surface area contributed by atoms with E-state index in [9.17, 15) is 13.6 Å². The van der Waals surface area contributed by atoms with E-state index in [-0.39, 0.29) is 24.9 Å². The molecule has 0 aromatic heterocycles. The third-order valence-corrected chi connectivity index (χ3v) is 3.46. The molecule has 1 aromatic rings. The number of alkyl halides is 2. The Hall–Kier alpha value is -0.850. The quantitative estimate of drug-likeness (QED) is 0.756. The highest BCUT2D eigenvalue weighted by Gasteiger charge is 2.20. The predicted octanol–water partition coefficient (Wildman–Crippen LogP) is 3.36. The van der Waals surface area contributed by atoms with E-state index in [0.717, 1.165) is 12.5 Å². The molecule has 1 amide bonds. The lowest BCUT2D eigenvalue weighted by atomic mass is 10.3. The van der Waals surface area contributed by atoms with E-state index in [0.29, 0.717) is 22.3 Å². The fourth-order valence-electron chi connectivity index (χ4n) is 1.67. The van der Waals surface area contributed by atoms with Crippen molar-refractivity contribution < 1.29 is 13.6 Å². The van der Waals surface area contributed by atoms with Crippen LogP contribution < -0.4 is 10.6 Å². The summed E-state index contributed by atoms with van der Waals surface area (Å²) >= 11 is 0.469. The minimum absolute atomic E-state index is 0. The minimum atomic E-state index is -2.45. The smallest absolute Gasteiger partial charge is 0.288 e. The summed E-state index contributed by atoms with van der Waals surface area (Å²) in [6.45, 7) is 1.12. The number of hydrogen-bond acceptors (Lipinski definition) is 3. The van der Waals surface area contributed by atoms with Gasteiger partial charge in [-0.15, -0.1) is 12.4 Å². The van der Waals surface area contributed by atoms with Crippen molar-refractivity contribution in [3.8, 4) is 0 Å². The molecule has 2 rings (SSSR count). The van der Waals surface area contributed by atoms with E-state index in [1.54, 1.807) is 24.3 Å². The normalized spacial score (nSPS) is 13.9. The van der Waals surface area contributed by atoms with Crippen LogP contribution in [-0.4, -0.2) is 24.8 Å². The number of halogens is 3. The van der Waals surface area contributed by atoms with Crippen LogP contribution in [0.3, 0.4) is 0 Å². The summed E-state index contributed by atoms with van der Waals surface area (Å²) < 4.78 is 24.5. The van der Waals surface area contributed by atoms with Crippen LogP contribution in [0.5, 0.6) is 0 Å². The molecule has 112 valence electrons. The maximum absolute atomic E-state index is 12.2. The maximum atomic E-state index is 12.2. The SMILES string of the molecule is Cl.O=C(CNCC1CC1)Nc1cccc(SC(F)F)c1. The van der Waals surface area contributed by atoms with Crippen molar-refractivity contribution in [2.45, 2.75) is 23.5 Å². The molecule has 3 nitrogen and oxygen atoms in total. The summed E-state index contributed by atoms with van der Waals surface area (Å²) in [5.74, 6) is -1.88. The Morgan fingerprint density at radius 3 is 2.80 bits per heavy atom. The van der Waals surface area contributed by atoms with Crippen LogP contribution in [0.15, 0.2) is 29.2 Å². The summed E-state index contributed by atoms with van der Waals surface area (Å²) in [5.41, 5.74) is 0.545. The number of benzene rings is 1. The zero-order chi connectivity index (χ0) is 13.7. The largest absolute Gasteiger partial charge is 0.325 e. The highest BCUT2D eigenvalue weighted by Crippen LogP contribution is 2.28. The molecule has 1 saturated carbocycles. The van der Waals surface area contributed by atoms with Crippen molar-refractivity contribution in [1.29, 1.82) is 0 Å². The lowest BCUT2D eigenvalue weighted by Gasteiger charge is -2.08. The van der Waals surface area contributed by atoms with Crippen LogP contribution >= 0.6 is 24.2 Å². The summed E-state index contributed by atoms with van der Waals surface area (Å²) in [6.07, 6.45) is 2.48. The molecule has 0 spiro atoms. The van der Waals surface area contributed by atoms with Crippen LogP contribution in [0.1, 0.15) is 12.8 Å². The predicted molar refractivity (Wildman–Crippen MR) is 79.8 cm³/mol. The number of amides is 1. The first-order chi connectivity index (χ1) is 9.13. The monoisotopic (exact) mass is 322 g/mol. The standard InChI is InChI=1S/C13H16F2N2OS.ClH/c14-13(15)19-11-3-1-2-10(6-11)17-12(18)8-16-7-9-4-5-9;/h1-3,6,9,13,16H,4-5,7-8H2,(H,17,18);1H. The van der Waals surface area contributed by atoms with Gasteiger partial charge in [0.2, 0.25) is 5.91 Å². The van der Waals surface area contributed by atoms with Gasteiger partial charge in [0.25, 0.3) is 5.76 Å². The van der Waals surface area contributed by atoms with E-state index in [4.69, 9.17) is 0 Å². The van der Waals surface area contributed by atoms with Gasteiger partial charge in [-0.25, -0.2) is 0 Å². The molecular weight excluding hydrogens is 306 g/mol. The van der Waals surface area contributed by atoms with Gasteiger partial charge in [-0.2, -0.15) is 8.78 Å². The first-order valence-corrected chi connectivity index (χ1v) is 7.07. The third kappa shape index (κ3) is 6.54. The Balaban J connectivity index is 0.00000200. The van der Waals surface area contributed by atoms with Gasteiger partial charge < -0.3 is 10.6 Å². The van der Waals surface area contributed by atoms with Crippen LogP contribution in [-0.2, 0) is 4.79 Å². The zero-order valence-electron chi connectivity index (χ0n) is 10.8. The first-order valence-electron chi connectivity index (χ1n) is 6.19. The average Bonchev–Trinajstić information content (AvgIpc) is 3.12. The fourth-order valence-corrected chi connectivity index (χ4v) is 2.22. The van der Waals surface area contributed by atoms with Gasteiger partial charge in [-0.05, 0) is 43.5 Å². The molecule has 0 aliphatic heterocycles. The zero-order valence-corrected chi connectivity index (χ0v) is 12.4. The Kier molecular flexibility index (Phi) is 7.26. The molecule has 1 aliphatic carbocycles. The first kappa shape index (κ1) is 17.2. The molecule has 1 fully saturated rings. The summed E-state index contributed by atoms with van der Waals surface area (Å²) in [4.78, 5) is 12.1. The number of nitrogens with one attached hydrogen (secondary N) is 2. The second-order valence-corrected chi connectivity index (χ2v) is 5.59. The van der Waals surface area contributed by atoms with Crippen molar-refractivity contribution >= 4 is 35.8 Å². The molecule has 0 heterocycles. The molecule has 2 N–H and O–H groups in total. The van der Waals surface area contributed by atoms with Gasteiger partial charge >= 0.3 is 0 Å². The fraction of sp³-hybridized carbons (Fsp3) is 0.462. The lowest BCUT2D eigenvalue weighted by Crippen LogP contribution is -2.29. The number of anilines is 1. The molecule has 1 aromatic carbocycles. The van der Waals surface area contributed by atoms with E-state index < -0.39 is 5.76 Å². The molecule has 0 saturated heterocycles. The number of hydrogen-bond donors (Lipinski definition) is 2. The maximum Gasteiger partial charge on any atom is 0.288 e. The van der Waals surface area contributed by atoms with Crippen molar-refractivity contribution in [3.63, 3.8) is 0 Å². The average molecular weight is 323 g/mol.